The van der Waals surface area contributed by atoms with Gasteiger partial charge in [-0.15, -0.1) is 5.92 Å². The third kappa shape index (κ3) is 3.25. The Labute approximate surface area is 69.1 Å². The first-order valence-corrected chi connectivity index (χ1v) is 3.86. The van der Waals surface area contributed by atoms with Crippen LogP contribution in [0.3, 0.4) is 0 Å². The van der Waals surface area contributed by atoms with Gasteiger partial charge in [0.25, 0.3) is 0 Å². The molecule has 0 aliphatic carbocycles. The number of aliphatic hydroxyl groups excluding tert-OH is 1. The molecule has 0 fully saturated rings. The molecule has 0 bridgehead atoms. The quantitative estimate of drug-likeness (QED) is 0.474. The largest absolute Gasteiger partial charge is 0.387 e. The zero-order valence-electron chi connectivity index (χ0n) is 7.68. The van der Waals surface area contributed by atoms with Gasteiger partial charge >= 0.3 is 0 Å². The highest BCUT2D eigenvalue weighted by Gasteiger charge is 2.11. The van der Waals surface area contributed by atoms with E-state index in [1.807, 2.05) is 26.8 Å². The van der Waals surface area contributed by atoms with Gasteiger partial charge in [0.1, 0.15) is 0 Å². The van der Waals surface area contributed by atoms with Crippen molar-refractivity contribution in [3.63, 3.8) is 0 Å². The van der Waals surface area contributed by atoms with Gasteiger partial charge in [-0.25, -0.2) is 0 Å². The average Bonchev–Trinajstić information content (AvgIpc) is 2.02. The first-order valence-electron chi connectivity index (χ1n) is 3.86. The molecular formula is C10H16O. The monoisotopic (exact) mass is 152 g/mol. The molecule has 0 spiro atoms. The molecule has 0 aliphatic heterocycles. The van der Waals surface area contributed by atoms with Gasteiger partial charge in [0, 0.05) is 5.92 Å². The zero-order chi connectivity index (χ0) is 8.85. The van der Waals surface area contributed by atoms with Crippen molar-refractivity contribution in [1.82, 2.24) is 0 Å². The Morgan fingerprint density at radius 2 is 2.09 bits per heavy atom. The molecule has 1 nitrogen and oxygen atoms in total. The molecule has 0 aromatic rings. The number of aliphatic hydroxyl groups is 1. The number of allylic oxidation sites excluding steroid dienone is 1. The molecule has 0 aromatic heterocycles. The SMILES string of the molecule is CC#C[C@@H](C)[C@@H](O)/C(C)=C\C. The van der Waals surface area contributed by atoms with Crippen LogP contribution >= 0.6 is 0 Å². The Hall–Kier alpha value is -0.740. The first kappa shape index (κ1) is 10.3. The normalized spacial score (nSPS) is 16.6. The summed E-state index contributed by atoms with van der Waals surface area (Å²) in [6.45, 7) is 7.55. The molecule has 0 radical (unpaired) electrons. The van der Waals surface area contributed by atoms with Crippen LogP contribution in [0, 0.1) is 17.8 Å². The van der Waals surface area contributed by atoms with Gasteiger partial charge in [0.2, 0.25) is 0 Å². The minimum atomic E-state index is -0.410. The molecule has 1 N–H and O–H groups in total. The fourth-order valence-corrected chi connectivity index (χ4v) is 0.872. The van der Waals surface area contributed by atoms with Gasteiger partial charge in [-0.2, -0.15) is 0 Å². The van der Waals surface area contributed by atoms with E-state index in [0.29, 0.717) is 0 Å². The molecule has 2 atom stereocenters. The van der Waals surface area contributed by atoms with Crippen LogP contribution in [0.25, 0.3) is 0 Å². The van der Waals surface area contributed by atoms with E-state index in [1.54, 1.807) is 6.92 Å². The van der Waals surface area contributed by atoms with Crippen molar-refractivity contribution in [3.05, 3.63) is 11.6 Å². The maximum absolute atomic E-state index is 9.55. The van der Waals surface area contributed by atoms with Gasteiger partial charge in [-0.3, -0.25) is 0 Å². The summed E-state index contributed by atoms with van der Waals surface area (Å²) in [5.74, 6) is 5.75. The van der Waals surface area contributed by atoms with Crippen molar-refractivity contribution >= 4 is 0 Å². The molecule has 62 valence electrons. The molecule has 1 heteroatoms. The number of hydrogen-bond donors (Lipinski definition) is 1. The maximum Gasteiger partial charge on any atom is 0.0881 e. The summed E-state index contributed by atoms with van der Waals surface area (Å²) in [5.41, 5.74) is 0.986. The lowest BCUT2D eigenvalue weighted by atomic mass is 9.99. The van der Waals surface area contributed by atoms with Crippen LogP contribution in [0.5, 0.6) is 0 Å². The predicted molar refractivity (Wildman–Crippen MR) is 48.1 cm³/mol. The smallest absolute Gasteiger partial charge is 0.0881 e. The van der Waals surface area contributed by atoms with Crippen molar-refractivity contribution in [3.8, 4) is 11.8 Å². The van der Waals surface area contributed by atoms with Crippen molar-refractivity contribution in [2.45, 2.75) is 33.8 Å². The van der Waals surface area contributed by atoms with E-state index in [0.717, 1.165) is 5.57 Å². The molecule has 0 amide bonds. The van der Waals surface area contributed by atoms with Crippen molar-refractivity contribution in [2.75, 3.05) is 0 Å². The number of rotatable bonds is 2. The van der Waals surface area contributed by atoms with Crippen LogP contribution < -0.4 is 0 Å². The van der Waals surface area contributed by atoms with Crippen LogP contribution in [0.4, 0.5) is 0 Å². The lowest BCUT2D eigenvalue weighted by Crippen LogP contribution is -2.17. The maximum atomic E-state index is 9.55. The third-order valence-corrected chi connectivity index (χ3v) is 1.77. The molecule has 0 aliphatic rings. The van der Waals surface area contributed by atoms with E-state index in [9.17, 15) is 5.11 Å². The van der Waals surface area contributed by atoms with E-state index < -0.39 is 6.10 Å². The Morgan fingerprint density at radius 1 is 1.55 bits per heavy atom. The number of hydrogen-bond acceptors (Lipinski definition) is 1. The Morgan fingerprint density at radius 3 is 2.45 bits per heavy atom. The van der Waals surface area contributed by atoms with Crippen molar-refractivity contribution in [1.29, 1.82) is 0 Å². The lowest BCUT2D eigenvalue weighted by molar-refractivity contribution is 0.177. The van der Waals surface area contributed by atoms with Gasteiger partial charge in [-0.05, 0) is 33.3 Å². The summed E-state index contributed by atoms with van der Waals surface area (Å²) in [7, 11) is 0. The highest BCUT2D eigenvalue weighted by atomic mass is 16.3. The summed E-state index contributed by atoms with van der Waals surface area (Å²) in [4.78, 5) is 0. The van der Waals surface area contributed by atoms with Gasteiger partial charge < -0.3 is 5.11 Å². The highest BCUT2D eigenvalue weighted by Crippen LogP contribution is 2.10. The predicted octanol–water partition coefficient (Wildman–Crippen LogP) is 1.97. The van der Waals surface area contributed by atoms with E-state index in [2.05, 4.69) is 11.8 Å². The zero-order valence-corrected chi connectivity index (χ0v) is 7.68. The first-order chi connectivity index (χ1) is 5.13. The van der Waals surface area contributed by atoms with Gasteiger partial charge in [-0.1, -0.05) is 12.0 Å². The summed E-state index contributed by atoms with van der Waals surface area (Å²) in [6, 6.07) is 0. The molecule has 11 heavy (non-hydrogen) atoms. The van der Waals surface area contributed by atoms with Crippen LogP contribution in [-0.2, 0) is 0 Å². The van der Waals surface area contributed by atoms with E-state index in [4.69, 9.17) is 0 Å². The topological polar surface area (TPSA) is 20.2 Å². The highest BCUT2D eigenvalue weighted by molar-refractivity contribution is 5.12. The van der Waals surface area contributed by atoms with Crippen molar-refractivity contribution < 1.29 is 5.11 Å². The van der Waals surface area contributed by atoms with Crippen LogP contribution in [0.1, 0.15) is 27.7 Å². The fraction of sp³-hybridized carbons (Fsp3) is 0.600. The summed E-state index contributed by atoms with van der Waals surface area (Å²) >= 11 is 0. The molecule has 0 aromatic carbocycles. The minimum absolute atomic E-state index is 0.0381. The van der Waals surface area contributed by atoms with E-state index >= 15 is 0 Å². The molecule has 0 saturated heterocycles. The Balaban J connectivity index is 4.20. The summed E-state index contributed by atoms with van der Waals surface area (Å²) in [6.07, 6.45) is 1.51. The second-order valence-corrected chi connectivity index (χ2v) is 2.66. The molecular weight excluding hydrogens is 136 g/mol. The van der Waals surface area contributed by atoms with Gasteiger partial charge in [0.05, 0.1) is 6.10 Å². The Bertz CT molecular complexity index is 193. The standard InChI is InChI=1S/C10H16O/c1-5-7-9(4)10(11)8(3)6-2/h6,9-11H,1-4H3/b8-6-/t9-,10+/m1/s1. The molecule has 0 unspecified atom stereocenters. The van der Waals surface area contributed by atoms with E-state index in [1.165, 1.54) is 0 Å². The van der Waals surface area contributed by atoms with Crippen LogP contribution in [0.2, 0.25) is 0 Å². The van der Waals surface area contributed by atoms with Crippen molar-refractivity contribution in [2.24, 2.45) is 5.92 Å². The molecule has 0 saturated carbocycles. The lowest BCUT2D eigenvalue weighted by Gasteiger charge is -2.13. The molecule has 0 heterocycles. The minimum Gasteiger partial charge on any atom is -0.387 e. The second kappa shape index (κ2) is 4.98. The third-order valence-electron chi connectivity index (χ3n) is 1.77. The van der Waals surface area contributed by atoms with Crippen LogP contribution in [0.15, 0.2) is 11.6 Å². The molecule has 0 rings (SSSR count). The fourth-order valence-electron chi connectivity index (χ4n) is 0.872. The van der Waals surface area contributed by atoms with Gasteiger partial charge in [0.15, 0.2) is 0 Å². The Kier molecular flexibility index (Phi) is 4.65. The average molecular weight is 152 g/mol. The van der Waals surface area contributed by atoms with Crippen LogP contribution in [-0.4, -0.2) is 11.2 Å². The summed E-state index contributed by atoms with van der Waals surface area (Å²) < 4.78 is 0. The summed E-state index contributed by atoms with van der Waals surface area (Å²) in [5, 5.41) is 9.55. The second-order valence-electron chi connectivity index (χ2n) is 2.66. The van der Waals surface area contributed by atoms with E-state index in [-0.39, 0.29) is 5.92 Å².